The largest absolute Gasteiger partial charge is 0.489 e. The van der Waals surface area contributed by atoms with Crippen molar-refractivity contribution < 1.29 is 14.6 Å². The summed E-state index contributed by atoms with van der Waals surface area (Å²) in [5, 5.41) is 9.03. The fraction of sp³-hybridized carbons (Fsp3) is 0.0909. The molecular formula is C22H19NO3. The second-order valence-corrected chi connectivity index (χ2v) is 5.71. The van der Waals surface area contributed by atoms with E-state index in [9.17, 15) is 4.79 Å². The highest BCUT2D eigenvalue weighted by atomic mass is 16.5. The molecule has 130 valence electrons. The molecule has 0 fully saturated rings. The van der Waals surface area contributed by atoms with Crippen molar-refractivity contribution in [2.75, 3.05) is 6.61 Å². The molecule has 3 aromatic rings. The van der Waals surface area contributed by atoms with Crippen LogP contribution in [-0.2, 0) is 11.2 Å². The number of hydrogen-bond donors (Lipinski definition) is 1. The number of carboxylic acids is 1. The minimum atomic E-state index is -0.878. The van der Waals surface area contributed by atoms with Gasteiger partial charge in [0.15, 0.2) is 0 Å². The van der Waals surface area contributed by atoms with Crippen LogP contribution in [0, 0.1) is 0 Å². The molecule has 1 N–H and O–H groups in total. The number of benzene rings is 2. The van der Waals surface area contributed by atoms with E-state index in [0.29, 0.717) is 17.9 Å². The van der Waals surface area contributed by atoms with Crippen molar-refractivity contribution in [3.8, 4) is 5.75 Å². The summed E-state index contributed by atoms with van der Waals surface area (Å²) in [6.45, 7) is 0.329. The molecule has 0 aliphatic carbocycles. The van der Waals surface area contributed by atoms with E-state index in [4.69, 9.17) is 9.84 Å². The number of para-hydroxylation sites is 1. The summed E-state index contributed by atoms with van der Waals surface area (Å²) in [7, 11) is 0. The second kappa shape index (κ2) is 8.62. The summed E-state index contributed by atoms with van der Waals surface area (Å²) in [5.74, 6) is -0.290. The summed E-state index contributed by atoms with van der Waals surface area (Å²) < 4.78 is 5.85. The van der Waals surface area contributed by atoms with Crippen LogP contribution in [0.5, 0.6) is 5.75 Å². The zero-order valence-electron chi connectivity index (χ0n) is 14.2. The minimum Gasteiger partial charge on any atom is -0.489 e. The molecule has 2 aromatic carbocycles. The highest BCUT2D eigenvalue weighted by Gasteiger charge is 2.08. The molecule has 0 saturated heterocycles. The van der Waals surface area contributed by atoms with Gasteiger partial charge >= 0.3 is 5.97 Å². The lowest BCUT2D eigenvalue weighted by atomic mass is 9.99. The van der Waals surface area contributed by atoms with Gasteiger partial charge in [-0.15, -0.1) is 0 Å². The molecule has 1 heterocycles. The van der Waals surface area contributed by atoms with E-state index < -0.39 is 5.97 Å². The average Bonchev–Trinajstić information content (AvgIpc) is 2.67. The lowest BCUT2D eigenvalue weighted by Gasteiger charge is -2.11. The number of nitrogens with zero attached hydrogens (tertiary/aromatic N) is 1. The zero-order valence-corrected chi connectivity index (χ0v) is 14.2. The van der Waals surface area contributed by atoms with E-state index in [-0.39, 0.29) is 6.42 Å². The summed E-state index contributed by atoms with van der Waals surface area (Å²) in [6.07, 6.45) is 5.49. The molecule has 3 rings (SSSR count). The number of carbonyl (C=O) groups is 1. The number of aromatic nitrogens is 1. The standard InChI is InChI=1S/C22H19NO3/c24-22(25)15-18-9-4-5-11-21(18)26-14-12-20(17-7-2-1-3-8-17)19-10-6-13-23-16-19/h1-13,16H,14-15H2,(H,24,25). The Morgan fingerprint density at radius 1 is 0.962 bits per heavy atom. The average molecular weight is 345 g/mol. The Labute approximate surface area is 152 Å². The van der Waals surface area contributed by atoms with Gasteiger partial charge in [-0.2, -0.15) is 0 Å². The number of ether oxygens (including phenoxy) is 1. The van der Waals surface area contributed by atoms with Gasteiger partial charge in [-0.3, -0.25) is 9.78 Å². The smallest absolute Gasteiger partial charge is 0.307 e. The molecule has 0 amide bonds. The molecule has 26 heavy (non-hydrogen) atoms. The minimum absolute atomic E-state index is 0.0615. The van der Waals surface area contributed by atoms with Crippen LogP contribution in [0.1, 0.15) is 16.7 Å². The highest BCUT2D eigenvalue weighted by Crippen LogP contribution is 2.23. The van der Waals surface area contributed by atoms with Gasteiger partial charge in [0.05, 0.1) is 6.42 Å². The first kappa shape index (κ1) is 17.4. The summed E-state index contributed by atoms with van der Waals surface area (Å²) in [4.78, 5) is 15.2. The molecular weight excluding hydrogens is 326 g/mol. The zero-order chi connectivity index (χ0) is 18.2. The number of carboxylic acid groups (broad SMARTS) is 1. The highest BCUT2D eigenvalue weighted by molar-refractivity contribution is 5.79. The summed E-state index contributed by atoms with van der Waals surface area (Å²) in [6, 6.07) is 21.1. The molecule has 1 aromatic heterocycles. The fourth-order valence-corrected chi connectivity index (χ4v) is 2.71. The Morgan fingerprint density at radius 2 is 1.69 bits per heavy atom. The maximum Gasteiger partial charge on any atom is 0.307 e. The predicted octanol–water partition coefficient (Wildman–Crippen LogP) is 4.22. The van der Waals surface area contributed by atoms with E-state index >= 15 is 0 Å². The van der Waals surface area contributed by atoms with Gasteiger partial charge in [-0.05, 0) is 29.3 Å². The first-order valence-corrected chi connectivity index (χ1v) is 8.32. The van der Waals surface area contributed by atoms with Gasteiger partial charge in [-0.25, -0.2) is 0 Å². The topological polar surface area (TPSA) is 59.4 Å². The van der Waals surface area contributed by atoms with Crippen molar-refractivity contribution in [1.82, 2.24) is 4.98 Å². The van der Waals surface area contributed by atoms with Gasteiger partial charge in [0.1, 0.15) is 12.4 Å². The van der Waals surface area contributed by atoms with Crippen molar-refractivity contribution >= 4 is 11.5 Å². The monoisotopic (exact) mass is 345 g/mol. The van der Waals surface area contributed by atoms with Crippen LogP contribution in [0.25, 0.3) is 5.57 Å². The van der Waals surface area contributed by atoms with Gasteiger partial charge in [0.2, 0.25) is 0 Å². The van der Waals surface area contributed by atoms with Crippen LogP contribution in [0.3, 0.4) is 0 Å². The molecule has 0 aliphatic heterocycles. The van der Waals surface area contributed by atoms with E-state index in [1.165, 1.54) is 0 Å². The number of rotatable bonds is 7. The number of aliphatic carboxylic acids is 1. The molecule has 0 atom stereocenters. The molecule has 0 unspecified atom stereocenters. The van der Waals surface area contributed by atoms with Crippen LogP contribution >= 0.6 is 0 Å². The van der Waals surface area contributed by atoms with Crippen molar-refractivity contribution in [3.05, 3.63) is 102 Å². The number of pyridine rings is 1. The van der Waals surface area contributed by atoms with E-state index in [0.717, 1.165) is 16.7 Å². The number of hydrogen-bond acceptors (Lipinski definition) is 3. The summed E-state index contributed by atoms with van der Waals surface area (Å²) in [5.41, 5.74) is 3.76. The van der Waals surface area contributed by atoms with E-state index in [1.807, 2.05) is 66.9 Å². The van der Waals surface area contributed by atoms with E-state index in [1.54, 1.807) is 18.3 Å². The Morgan fingerprint density at radius 3 is 2.42 bits per heavy atom. The third-order valence-corrected chi connectivity index (χ3v) is 3.90. The molecule has 4 nitrogen and oxygen atoms in total. The van der Waals surface area contributed by atoms with Gasteiger partial charge in [0.25, 0.3) is 0 Å². The maximum absolute atomic E-state index is 11.0. The van der Waals surface area contributed by atoms with Gasteiger partial charge < -0.3 is 9.84 Å². The molecule has 0 spiro atoms. The van der Waals surface area contributed by atoms with Crippen LogP contribution in [0.15, 0.2) is 85.2 Å². The Balaban J connectivity index is 1.83. The first-order chi connectivity index (χ1) is 12.7. The SMILES string of the molecule is O=C(O)Cc1ccccc1OCC=C(c1ccccc1)c1cccnc1. The van der Waals surface area contributed by atoms with Crippen LogP contribution in [-0.4, -0.2) is 22.7 Å². The molecule has 0 saturated carbocycles. The lowest BCUT2D eigenvalue weighted by molar-refractivity contribution is -0.136. The van der Waals surface area contributed by atoms with Crippen molar-refractivity contribution in [2.24, 2.45) is 0 Å². The quantitative estimate of drug-likeness (QED) is 0.696. The Bertz CT molecular complexity index is 848. The normalized spacial score (nSPS) is 11.2. The molecule has 0 aliphatic rings. The first-order valence-electron chi connectivity index (χ1n) is 8.32. The Kier molecular flexibility index (Phi) is 5.78. The fourth-order valence-electron chi connectivity index (χ4n) is 2.71. The third kappa shape index (κ3) is 4.57. The van der Waals surface area contributed by atoms with Gasteiger partial charge in [0, 0.05) is 23.5 Å². The van der Waals surface area contributed by atoms with Crippen molar-refractivity contribution in [3.63, 3.8) is 0 Å². The van der Waals surface area contributed by atoms with Crippen molar-refractivity contribution in [2.45, 2.75) is 6.42 Å². The molecule has 0 radical (unpaired) electrons. The molecule has 0 bridgehead atoms. The van der Waals surface area contributed by atoms with Crippen LogP contribution in [0.4, 0.5) is 0 Å². The lowest BCUT2D eigenvalue weighted by Crippen LogP contribution is -2.04. The third-order valence-electron chi connectivity index (χ3n) is 3.90. The van der Waals surface area contributed by atoms with E-state index in [2.05, 4.69) is 4.98 Å². The van der Waals surface area contributed by atoms with Crippen LogP contribution < -0.4 is 4.74 Å². The van der Waals surface area contributed by atoms with Gasteiger partial charge in [-0.1, -0.05) is 54.6 Å². The predicted molar refractivity (Wildman–Crippen MR) is 101 cm³/mol. The van der Waals surface area contributed by atoms with Crippen molar-refractivity contribution in [1.29, 1.82) is 0 Å². The summed E-state index contributed by atoms with van der Waals surface area (Å²) >= 11 is 0. The Hall–Kier alpha value is -3.40. The second-order valence-electron chi connectivity index (χ2n) is 5.71. The maximum atomic E-state index is 11.0. The molecule has 4 heteroatoms. The van der Waals surface area contributed by atoms with Crippen LogP contribution in [0.2, 0.25) is 0 Å².